The summed E-state index contributed by atoms with van der Waals surface area (Å²) >= 11 is 4.92. The minimum absolute atomic E-state index is 0.291. The molecule has 0 saturated carbocycles. The fourth-order valence-electron chi connectivity index (χ4n) is 2.21. The van der Waals surface area contributed by atoms with E-state index < -0.39 is 10.0 Å². The van der Waals surface area contributed by atoms with Crippen molar-refractivity contribution >= 4 is 35.5 Å². The van der Waals surface area contributed by atoms with E-state index in [1.807, 2.05) is 43.3 Å². The van der Waals surface area contributed by atoms with Crippen molar-refractivity contribution in [3.8, 4) is 11.1 Å². The first-order chi connectivity index (χ1) is 10.3. The molecule has 22 heavy (non-hydrogen) atoms. The molecule has 0 aromatic heterocycles. The van der Waals surface area contributed by atoms with Crippen LogP contribution < -0.4 is 0 Å². The summed E-state index contributed by atoms with van der Waals surface area (Å²) in [4.78, 5) is 22.8. The van der Waals surface area contributed by atoms with Crippen LogP contribution in [0.1, 0.15) is 18.1 Å². The van der Waals surface area contributed by atoms with E-state index in [-0.39, 0.29) is 5.12 Å². The van der Waals surface area contributed by atoms with E-state index in [9.17, 15) is 14.7 Å². The number of carboxylic acid groups (broad SMARTS) is 1. The van der Waals surface area contributed by atoms with Gasteiger partial charge in [0.25, 0.3) is 0 Å². The Labute approximate surface area is 139 Å². The number of aliphatic carboxylic acids is 1. The molecule has 1 unspecified atom stereocenters. The van der Waals surface area contributed by atoms with Crippen molar-refractivity contribution in [1.29, 1.82) is 0 Å². The highest BCUT2D eigenvalue weighted by atomic mass is 32.2. The van der Waals surface area contributed by atoms with E-state index in [1.54, 1.807) is 12.1 Å². The first-order valence-corrected chi connectivity index (χ1v) is 7.93. The lowest BCUT2D eigenvalue weighted by Gasteiger charge is -2.22. The number of hydrogen-bond acceptors (Lipinski definition) is 4. The van der Waals surface area contributed by atoms with Gasteiger partial charge in [-0.2, -0.15) is 0 Å². The Hall–Kier alpha value is -1.72. The number of benzene rings is 2. The number of thioether (sulfide) groups is 1. The molecule has 3 nitrogen and oxygen atoms in total. The highest BCUT2D eigenvalue weighted by Gasteiger charge is 2.39. The van der Waals surface area contributed by atoms with Gasteiger partial charge in [-0.25, -0.2) is 4.79 Å². The quantitative estimate of drug-likeness (QED) is 0.653. The average Bonchev–Trinajstić information content (AvgIpc) is 2.47. The van der Waals surface area contributed by atoms with E-state index in [4.69, 9.17) is 0 Å². The summed E-state index contributed by atoms with van der Waals surface area (Å²) in [5, 5.41) is 9.12. The molecule has 2 aromatic rings. The van der Waals surface area contributed by atoms with Crippen LogP contribution in [0.15, 0.2) is 48.5 Å². The van der Waals surface area contributed by atoms with Crippen molar-refractivity contribution in [2.75, 3.05) is 0 Å². The van der Waals surface area contributed by atoms with Gasteiger partial charge in [-0.1, -0.05) is 60.3 Å². The first-order valence-electron chi connectivity index (χ1n) is 6.66. The molecule has 5 heteroatoms. The number of thiol groups is 1. The van der Waals surface area contributed by atoms with Crippen LogP contribution in [-0.4, -0.2) is 16.2 Å². The Morgan fingerprint density at radius 3 is 2.18 bits per heavy atom. The monoisotopic (exact) mass is 332 g/mol. The Balaban J connectivity index is 2.41. The zero-order valence-corrected chi connectivity index (χ0v) is 13.9. The van der Waals surface area contributed by atoms with E-state index in [0.717, 1.165) is 16.7 Å². The van der Waals surface area contributed by atoms with Crippen LogP contribution >= 0.6 is 24.4 Å². The molecule has 0 heterocycles. The third-order valence-corrected chi connectivity index (χ3v) is 5.03. The zero-order chi connectivity index (χ0) is 16.3. The van der Waals surface area contributed by atoms with Crippen LogP contribution in [0.3, 0.4) is 0 Å². The SMILES string of the molecule is CC(=O)SC(S)(C(=O)O)c1ccc(-c2ccccc2C)cc1. The van der Waals surface area contributed by atoms with Crippen LogP contribution in [0, 0.1) is 6.92 Å². The maximum Gasteiger partial charge on any atom is 0.334 e. The second kappa shape index (κ2) is 6.58. The van der Waals surface area contributed by atoms with Crippen molar-refractivity contribution < 1.29 is 14.7 Å². The number of hydrogen-bond donors (Lipinski definition) is 2. The topological polar surface area (TPSA) is 54.4 Å². The molecule has 0 amide bonds. The molecule has 0 radical (unpaired) electrons. The minimum Gasteiger partial charge on any atom is -0.479 e. The molecule has 0 spiro atoms. The average molecular weight is 332 g/mol. The van der Waals surface area contributed by atoms with E-state index in [0.29, 0.717) is 17.3 Å². The molecular weight excluding hydrogens is 316 g/mol. The summed E-state index contributed by atoms with van der Waals surface area (Å²) in [5.41, 5.74) is 3.70. The summed E-state index contributed by atoms with van der Waals surface area (Å²) in [5.74, 6) is -1.15. The van der Waals surface area contributed by atoms with Gasteiger partial charge in [0.1, 0.15) is 0 Å². The molecule has 0 saturated heterocycles. The maximum absolute atomic E-state index is 11.5. The van der Waals surface area contributed by atoms with Gasteiger partial charge in [0.05, 0.1) is 0 Å². The summed E-state index contributed by atoms with van der Waals surface area (Å²) in [6.45, 7) is 3.36. The number of aryl methyl sites for hydroxylation is 1. The number of carbonyl (C=O) groups is 2. The van der Waals surface area contributed by atoms with Crippen LogP contribution in [0.2, 0.25) is 0 Å². The zero-order valence-electron chi connectivity index (χ0n) is 12.2. The molecule has 0 aliphatic carbocycles. The third kappa shape index (κ3) is 3.36. The molecule has 2 aromatic carbocycles. The van der Waals surface area contributed by atoms with Gasteiger partial charge < -0.3 is 5.11 Å². The predicted octanol–water partition coefficient (Wildman–Crippen LogP) is 4.11. The predicted molar refractivity (Wildman–Crippen MR) is 93.2 cm³/mol. The molecule has 2 rings (SSSR count). The van der Waals surface area contributed by atoms with E-state index >= 15 is 0 Å². The van der Waals surface area contributed by atoms with Crippen molar-refractivity contribution in [2.45, 2.75) is 17.9 Å². The molecule has 0 fully saturated rings. The molecule has 114 valence electrons. The molecule has 1 atom stereocenters. The van der Waals surface area contributed by atoms with Crippen LogP contribution in [-0.2, 0) is 13.7 Å². The fourth-order valence-corrected chi connectivity index (χ4v) is 3.50. The Morgan fingerprint density at radius 2 is 1.68 bits per heavy atom. The highest BCUT2D eigenvalue weighted by molar-refractivity contribution is 8.22. The van der Waals surface area contributed by atoms with Gasteiger partial charge in [0.2, 0.25) is 0 Å². The fraction of sp³-hybridized carbons (Fsp3) is 0.176. The third-order valence-electron chi connectivity index (χ3n) is 3.31. The van der Waals surface area contributed by atoms with Gasteiger partial charge in [0.15, 0.2) is 9.19 Å². The summed E-state index contributed by atoms with van der Waals surface area (Å²) in [6, 6.07) is 15.1. The first kappa shape index (κ1) is 16.6. The molecular formula is C17H16O3S2. The second-order valence-corrected chi connectivity index (χ2v) is 7.30. The van der Waals surface area contributed by atoms with Crippen LogP contribution in [0.4, 0.5) is 0 Å². The number of carboxylic acids is 1. The highest BCUT2D eigenvalue weighted by Crippen LogP contribution is 2.41. The van der Waals surface area contributed by atoms with Gasteiger partial charge in [-0.15, -0.1) is 12.6 Å². The summed E-state index contributed by atoms with van der Waals surface area (Å²) in [6.07, 6.45) is 0. The summed E-state index contributed by atoms with van der Waals surface area (Å²) in [7, 11) is 0. The van der Waals surface area contributed by atoms with E-state index in [1.165, 1.54) is 6.92 Å². The maximum atomic E-state index is 11.5. The van der Waals surface area contributed by atoms with Crippen molar-refractivity contribution in [1.82, 2.24) is 0 Å². The van der Waals surface area contributed by atoms with Gasteiger partial charge in [-0.3, -0.25) is 4.79 Å². The number of carbonyl (C=O) groups excluding carboxylic acids is 1. The molecule has 0 aliphatic rings. The van der Waals surface area contributed by atoms with Crippen molar-refractivity contribution in [2.24, 2.45) is 0 Å². The largest absolute Gasteiger partial charge is 0.479 e. The Morgan fingerprint density at radius 1 is 1.09 bits per heavy atom. The van der Waals surface area contributed by atoms with Crippen LogP contribution in [0.5, 0.6) is 0 Å². The molecule has 1 N–H and O–H groups in total. The van der Waals surface area contributed by atoms with Crippen molar-refractivity contribution in [3.63, 3.8) is 0 Å². The minimum atomic E-state index is -1.57. The van der Waals surface area contributed by atoms with Gasteiger partial charge in [0, 0.05) is 6.92 Å². The van der Waals surface area contributed by atoms with Gasteiger partial charge >= 0.3 is 5.97 Å². The van der Waals surface area contributed by atoms with Gasteiger partial charge in [-0.05, 0) is 29.2 Å². The Kier molecular flexibility index (Phi) is 4.98. The lowest BCUT2D eigenvalue weighted by Crippen LogP contribution is -2.27. The van der Waals surface area contributed by atoms with Crippen LogP contribution in [0.25, 0.3) is 11.1 Å². The Bertz CT molecular complexity index is 710. The number of rotatable bonds is 4. The molecule has 0 bridgehead atoms. The standard InChI is InChI=1S/C17H16O3S2/c1-11-5-3-4-6-15(11)13-7-9-14(10-8-13)17(21,16(19)20)22-12(2)18/h3-10,21H,1-2H3,(H,19,20). The summed E-state index contributed by atoms with van der Waals surface area (Å²) < 4.78 is -1.57. The smallest absolute Gasteiger partial charge is 0.334 e. The van der Waals surface area contributed by atoms with Crippen molar-refractivity contribution in [3.05, 3.63) is 59.7 Å². The normalized spacial score (nSPS) is 13.4. The lowest BCUT2D eigenvalue weighted by atomic mass is 9.99. The second-order valence-electron chi connectivity index (χ2n) is 4.94. The van der Waals surface area contributed by atoms with E-state index in [2.05, 4.69) is 12.6 Å². The molecule has 0 aliphatic heterocycles. The lowest BCUT2D eigenvalue weighted by molar-refractivity contribution is -0.137.